The van der Waals surface area contributed by atoms with E-state index in [4.69, 9.17) is 11.6 Å². The van der Waals surface area contributed by atoms with Gasteiger partial charge >= 0.3 is 0 Å². The lowest BCUT2D eigenvalue weighted by molar-refractivity contribution is -0.384. The van der Waals surface area contributed by atoms with Crippen LogP contribution in [0.1, 0.15) is 25.7 Å². The van der Waals surface area contributed by atoms with Crippen LogP contribution in [-0.2, 0) is 0 Å². The molecule has 2 unspecified atom stereocenters. The number of pyridine rings is 1. The number of nitro groups is 1. The minimum Gasteiger partial charge on any atom is -0.370 e. The first-order valence-electron chi connectivity index (χ1n) is 7.30. The molecule has 0 aliphatic carbocycles. The Hall–Kier alpha value is -1.40. The van der Waals surface area contributed by atoms with Crippen molar-refractivity contribution in [3.8, 4) is 0 Å². The van der Waals surface area contributed by atoms with Crippen LogP contribution in [0.5, 0.6) is 0 Å². The van der Waals surface area contributed by atoms with Crippen molar-refractivity contribution in [2.45, 2.75) is 37.8 Å². The summed E-state index contributed by atoms with van der Waals surface area (Å²) in [4.78, 5) is 17.0. The first-order chi connectivity index (χ1) is 10.0. The van der Waals surface area contributed by atoms with Crippen LogP contribution in [0.25, 0.3) is 0 Å². The molecule has 7 heteroatoms. The number of aromatic nitrogens is 1. The Labute approximate surface area is 128 Å². The average Bonchev–Trinajstić information content (AvgIpc) is 2.66. The molecule has 1 aromatic rings. The van der Waals surface area contributed by atoms with Crippen molar-refractivity contribution in [2.24, 2.45) is 5.92 Å². The Morgan fingerprint density at radius 3 is 2.71 bits per heavy atom. The Bertz CT molecular complexity index is 540. The maximum absolute atomic E-state index is 10.8. The van der Waals surface area contributed by atoms with Crippen LogP contribution in [0.15, 0.2) is 12.1 Å². The number of hydrogen-bond donors (Lipinski definition) is 1. The predicted molar refractivity (Wildman–Crippen MR) is 81.7 cm³/mol. The molecule has 1 N–H and O–H groups in total. The van der Waals surface area contributed by atoms with E-state index in [9.17, 15) is 10.1 Å². The number of halogens is 1. The Morgan fingerprint density at radius 2 is 2.10 bits per heavy atom. The maximum atomic E-state index is 10.8. The van der Waals surface area contributed by atoms with Crippen molar-refractivity contribution >= 4 is 23.1 Å². The predicted octanol–water partition coefficient (Wildman–Crippen LogP) is 2.93. The van der Waals surface area contributed by atoms with Gasteiger partial charge in [0, 0.05) is 18.6 Å². The van der Waals surface area contributed by atoms with Crippen molar-refractivity contribution in [3.05, 3.63) is 27.4 Å². The molecule has 2 atom stereocenters. The van der Waals surface area contributed by atoms with Gasteiger partial charge in [0.2, 0.25) is 0 Å². The van der Waals surface area contributed by atoms with E-state index in [-0.39, 0.29) is 10.8 Å². The third-order valence-electron chi connectivity index (χ3n) is 4.76. The summed E-state index contributed by atoms with van der Waals surface area (Å²) < 4.78 is 0. The maximum Gasteiger partial charge on any atom is 0.276 e. The summed E-state index contributed by atoms with van der Waals surface area (Å²) in [5.74, 6) is 1.08. The van der Waals surface area contributed by atoms with E-state index in [2.05, 4.69) is 22.2 Å². The third-order valence-corrected chi connectivity index (χ3v) is 4.95. The van der Waals surface area contributed by atoms with Crippen molar-refractivity contribution in [3.63, 3.8) is 0 Å². The zero-order chi connectivity index (χ0) is 15.0. The van der Waals surface area contributed by atoms with Crippen molar-refractivity contribution in [1.82, 2.24) is 9.88 Å². The molecule has 2 bridgehead atoms. The highest BCUT2D eigenvalue weighted by molar-refractivity contribution is 6.29. The van der Waals surface area contributed by atoms with Crippen molar-refractivity contribution in [2.75, 3.05) is 18.9 Å². The van der Waals surface area contributed by atoms with E-state index in [1.54, 1.807) is 0 Å². The van der Waals surface area contributed by atoms with E-state index in [0.29, 0.717) is 23.8 Å². The fourth-order valence-electron chi connectivity index (χ4n) is 3.62. The molecule has 2 fully saturated rings. The van der Waals surface area contributed by atoms with Crippen LogP contribution in [0.3, 0.4) is 0 Å². The Balaban J connectivity index is 1.62. The molecule has 0 amide bonds. The summed E-state index contributed by atoms with van der Waals surface area (Å²) in [6, 6.07) is 4.09. The number of rotatable bonds is 4. The molecule has 0 spiro atoms. The summed E-state index contributed by atoms with van der Waals surface area (Å²) in [5.41, 5.74) is -0.0269. The third kappa shape index (κ3) is 3.11. The fraction of sp³-hybridized carbons (Fsp3) is 0.643. The molecule has 0 radical (unpaired) electrons. The van der Waals surface area contributed by atoms with E-state index >= 15 is 0 Å². The molecule has 21 heavy (non-hydrogen) atoms. The van der Waals surface area contributed by atoms with Crippen LogP contribution < -0.4 is 5.32 Å². The zero-order valence-corrected chi connectivity index (χ0v) is 12.7. The lowest BCUT2D eigenvalue weighted by Crippen LogP contribution is -2.41. The summed E-state index contributed by atoms with van der Waals surface area (Å²) in [7, 11) is 2.22. The van der Waals surface area contributed by atoms with Gasteiger partial charge in [-0.15, -0.1) is 0 Å². The van der Waals surface area contributed by atoms with Crippen LogP contribution in [0, 0.1) is 16.0 Å². The number of piperidine rings is 1. The number of hydrogen-bond acceptors (Lipinski definition) is 5. The topological polar surface area (TPSA) is 71.3 Å². The molecule has 6 nitrogen and oxygen atoms in total. The Morgan fingerprint density at radius 1 is 1.43 bits per heavy atom. The lowest BCUT2D eigenvalue weighted by atomic mass is 9.91. The average molecular weight is 311 g/mol. The number of nitrogens with one attached hydrogen (secondary N) is 1. The summed E-state index contributed by atoms with van der Waals surface area (Å²) >= 11 is 5.83. The molecule has 1 aromatic heterocycles. The van der Waals surface area contributed by atoms with E-state index in [1.807, 2.05) is 0 Å². The minimum atomic E-state index is -0.450. The molecule has 2 aliphatic heterocycles. The van der Waals surface area contributed by atoms with Gasteiger partial charge in [-0.1, -0.05) is 11.6 Å². The second-order valence-electron chi connectivity index (χ2n) is 6.06. The molecule has 2 aliphatic rings. The molecular weight excluding hydrogens is 292 g/mol. The summed E-state index contributed by atoms with van der Waals surface area (Å²) in [5, 5.41) is 14.2. The highest BCUT2D eigenvalue weighted by Gasteiger charge is 2.38. The second-order valence-corrected chi connectivity index (χ2v) is 6.45. The molecule has 114 valence electrons. The Kier molecular flexibility index (Phi) is 3.99. The van der Waals surface area contributed by atoms with Crippen LogP contribution >= 0.6 is 11.6 Å². The van der Waals surface area contributed by atoms with Gasteiger partial charge in [-0.25, -0.2) is 4.98 Å². The van der Waals surface area contributed by atoms with Gasteiger partial charge in [-0.2, -0.15) is 0 Å². The van der Waals surface area contributed by atoms with Gasteiger partial charge in [-0.05, 0) is 38.6 Å². The van der Waals surface area contributed by atoms with E-state index in [1.165, 1.54) is 37.8 Å². The highest BCUT2D eigenvalue weighted by atomic mass is 35.5. The van der Waals surface area contributed by atoms with Crippen LogP contribution in [0.4, 0.5) is 11.5 Å². The number of nitrogens with zero attached hydrogens (tertiary/aromatic N) is 3. The van der Waals surface area contributed by atoms with Gasteiger partial charge in [0.25, 0.3) is 5.69 Å². The molecule has 2 saturated heterocycles. The number of anilines is 1. The molecule has 3 rings (SSSR count). The van der Waals surface area contributed by atoms with Gasteiger partial charge in [0.1, 0.15) is 11.0 Å². The summed E-state index contributed by atoms with van der Waals surface area (Å²) in [6.07, 6.45) is 4.95. The first-order valence-corrected chi connectivity index (χ1v) is 7.68. The first kappa shape index (κ1) is 14.5. The molecule has 3 heterocycles. The monoisotopic (exact) mass is 310 g/mol. The van der Waals surface area contributed by atoms with Gasteiger partial charge in [0.15, 0.2) is 0 Å². The highest BCUT2D eigenvalue weighted by Crippen LogP contribution is 2.37. The number of fused-ring (bicyclic) bond motifs is 2. The fourth-order valence-corrected chi connectivity index (χ4v) is 3.82. The van der Waals surface area contributed by atoms with Crippen molar-refractivity contribution < 1.29 is 4.92 Å². The summed E-state index contributed by atoms with van der Waals surface area (Å²) in [6.45, 7) is 0.797. The lowest BCUT2D eigenvalue weighted by Gasteiger charge is -2.36. The van der Waals surface area contributed by atoms with Gasteiger partial charge in [0.05, 0.1) is 17.1 Å². The SMILES string of the molecule is CN1C2CCC1CC(CNc1cc([N+](=O)[O-])cc(Cl)n1)C2. The van der Waals surface area contributed by atoms with E-state index < -0.39 is 4.92 Å². The zero-order valence-electron chi connectivity index (χ0n) is 12.0. The largest absolute Gasteiger partial charge is 0.370 e. The minimum absolute atomic E-state index is 0.0269. The van der Waals surface area contributed by atoms with Gasteiger partial charge in [-0.3, -0.25) is 10.1 Å². The van der Waals surface area contributed by atoms with Crippen LogP contribution in [0.2, 0.25) is 5.15 Å². The van der Waals surface area contributed by atoms with Gasteiger partial charge < -0.3 is 10.2 Å². The standard InChI is InChI=1S/C14H19ClN4O2/c1-18-10-2-3-11(18)5-9(4-10)8-16-14-7-12(19(20)21)6-13(15)17-14/h6-7,9-11H,2-5,8H2,1H3,(H,16,17). The van der Waals surface area contributed by atoms with Crippen LogP contribution in [-0.4, -0.2) is 40.5 Å². The molecule has 0 aromatic carbocycles. The molecule has 0 saturated carbocycles. The normalized spacial score (nSPS) is 28.6. The van der Waals surface area contributed by atoms with Crippen molar-refractivity contribution in [1.29, 1.82) is 0 Å². The molecular formula is C14H19ClN4O2. The quantitative estimate of drug-likeness (QED) is 0.526. The second kappa shape index (κ2) is 5.77. The smallest absolute Gasteiger partial charge is 0.276 e. The van der Waals surface area contributed by atoms with E-state index in [0.717, 1.165) is 6.54 Å².